The molecule has 0 aliphatic heterocycles. The van der Waals surface area contributed by atoms with Gasteiger partial charge in [0.1, 0.15) is 19.3 Å². The van der Waals surface area contributed by atoms with E-state index in [-0.39, 0.29) is 25.7 Å². The predicted octanol–water partition coefficient (Wildman–Crippen LogP) is 23.9. The fraction of sp³-hybridized carbons (Fsp3) is 0.950. The van der Waals surface area contributed by atoms with E-state index in [0.29, 0.717) is 25.7 Å². The Hall–Kier alpha value is -1.94. The van der Waals surface area contributed by atoms with E-state index in [1.54, 1.807) is 0 Å². The van der Waals surface area contributed by atoms with Gasteiger partial charge >= 0.3 is 39.5 Å². The molecule has 19 heteroatoms. The molecule has 3 N–H and O–H groups in total. The first kappa shape index (κ1) is 97.1. The number of carbonyl (C=O) groups is 4. The molecule has 2 unspecified atom stereocenters. The molecule has 0 aliphatic carbocycles. The van der Waals surface area contributed by atoms with E-state index >= 15 is 0 Å². The molecule has 0 aromatic carbocycles. The topological polar surface area (TPSA) is 237 Å². The van der Waals surface area contributed by atoms with Crippen molar-refractivity contribution in [3.8, 4) is 0 Å². The van der Waals surface area contributed by atoms with E-state index in [9.17, 15) is 43.2 Å². The van der Waals surface area contributed by atoms with E-state index in [0.717, 1.165) is 102 Å². The summed E-state index contributed by atoms with van der Waals surface area (Å²) in [6.45, 7) is 9.63. The van der Waals surface area contributed by atoms with Crippen molar-refractivity contribution in [3.63, 3.8) is 0 Å². The molecule has 0 aromatic rings. The van der Waals surface area contributed by atoms with Gasteiger partial charge in [-0.05, 0) is 37.5 Å². The molecule has 0 bridgehead atoms. The normalized spacial score (nSPS) is 13.9. The van der Waals surface area contributed by atoms with Gasteiger partial charge in [-0.1, -0.05) is 369 Å². The molecule has 17 nitrogen and oxygen atoms in total. The van der Waals surface area contributed by atoms with Gasteiger partial charge in [0.15, 0.2) is 12.2 Å². The molecule has 0 amide bonds. The lowest BCUT2D eigenvalue weighted by Gasteiger charge is -2.21. The molecule has 0 aliphatic rings. The van der Waals surface area contributed by atoms with Crippen molar-refractivity contribution in [1.82, 2.24) is 0 Å². The summed E-state index contributed by atoms with van der Waals surface area (Å²) in [7, 11) is -9.92. The van der Waals surface area contributed by atoms with Gasteiger partial charge in [0.05, 0.1) is 26.4 Å². The van der Waals surface area contributed by atoms with Crippen LogP contribution < -0.4 is 0 Å². The number of aliphatic hydroxyl groups excluding tert-OH is 1. The van der Waals surface area contributed by atoms with Gasteiger partial charge in [-0.25, -0.2) is 9.13 Å². The van der Waals surface area contributed by atoms with Crippen LogP contribution in [-0.4, -0.2) is 96.7 Å². The summed E-state index contributed by atoms with van der Waals surface area (Å²) in [4.78, 5) is 72.9. The first-order chi connectivity index (χ1) is 47.9. The second-order valence-electron chi connectivity index (χ2n) is 29.8. The summed E-state index contributed by atoms with van der Waals surface area (Å²) < 4.78 is 68.6. The Morgan fingerprint density at radius 3 is 0.687 bits per heavy atom. The molecule has 0 radical (unpaired) electrons. The Kier molecular flexibility index (Phi) is 70.3. The SMILES string of the molecule is CCCCCCCCCCCCCCCCCCCCCCC(=O)O[C@H](COC(=O)CCCCCCCCCCCCCCCC(C)C)COP(=O)(O)OC[C@@H](O)COP(=O)(O)OC[C@@H](COC(=O)CCCCCCCCCCC)OC(=O)CCCCCCCCCCCCCC(C)C. The number of esters is 4. The zero-order chi connectivity index (χ0) is 72.8. The minimum Gasteiger partial charge on any atom is -0.462 e. The summed E-state index contributed by atoms with van der Waals surface area (Å²) in [6, 6.07) is 0. The van der Waals surface area contributed by atoms with Gasteiger partial charge in [0.2, 0.25) is 0 Å². The molecule has 99 heavy (non-hydrogen) atoms. The molecule has 0 spiro atoms. The highest BCUT2D eigenvalue weighted by atomic mass is 31.2. The second kappa shape index (κ2) is 71.7. The van der Waals surface area contributed by atoms with Crippen molar-refractivity contribution in [2.24, 2.45) is 11.8 Å². The smallest absolute Gasteiger partial charge is 0.462 e. The maximum Gasteiger partial charge on any atom is 0.472 e. The molecule has 5 atom stereocenters. The monoisotopic (exact) mass is 1450 g/mol. The lowest BCUT2D eigenvalue weighted by Crippen LogP contribution is -2.30. The molecular weight excluding hydrogens is 1290 g/mol. The number of hydrogen-bond acceptors (Lipinski definition) is 15. The van der Waals surface area contributed by atoms with E-state index < -0.39 is 97.5 Å². The van der Waals surface area contributed by atoms with E-state index in [4.69, 9.17) is 37.0 Å². The van der Waals surface area contributed by atoms with Gasteiger partial charge in [0.25, 0.3) is 0 Å². The number of rotatable bonds is 79. The zero-order valence-corrected chi connectivity index (χ0v) is 66.6. The van der Waals surface area contributed by atoms with E-state index in [2.05, 4.69) is 41.5 Å². The van der Waals surface area contributed by atoms with Crippen LogP contribution in [0.15, 0.2) is 0 Å². The molecular formula is C80H156O17P2. The number of aliphatic hydroxyl groups is 1. The largest absolute Gasteiger partial charge is 0.472 e. The highest BCUT2D eigenvalue weighted by molar-refractivity contribution is 7.47. The quantitative estimate of drug-likeness (QED) is 0.0222. The highest BCUT2D eigenvalue weighted by Crippen LogP contribution is 2.45. The van der Waals surface area contributed by atoms with Crippen LogP contribution in [0.4, 0.5) is 0 Å². The Bertz CT molecular complexity index is 1910. The summed E-state index contributed by atoms with van der Waals surface area (Å²) in [6.07, 6.45) is 61.1. The minimum atomic E-state index is -4.96. The Balaban J connectivity index is 5.22. The molecule has 0 heterocycles. The van der Waals surface area contributed by atoms with Crippen LogP contribution in [0.2, 0.25) is 0 Å². The summed E-state index contributed by atoms with van der Waals surface area (Å²) in [5.74, 6) is -0.555. The minimum absolute atomic E-state index is 0.107. The standard InChI is InChI=1S/C80H156O17P2/c1-7-9-11-13-15-17-18-19-20-21-22-23-24-25-28-34-40-46-52-58-64-79(84)97-76(69-91-78(83)63-57-51-45-39-33-29-26-27-31-37-42-48-54-60-72(3)4)71-95-99(88,89)93-67-74(81)66-92-98(86,87)94-70-75(68-90-77(82)62-56-50-44-36-16-14-12-10-8-2)96-80(85)65-59-53-47-41-35-30-32-38-43-49-55-61-73(5)6/h72-76,81H,7-71H2,1-6H3,(H,86,87)(H,88,89)/t74-,75+,76+/m0/s1. The summed E-state index contributed by atoms with van der Waals surface area (Å²) in [5, 5.41) is 10.6. The third kappa shape index (κ3) is 74.1. The number of carbonyl (C=O) groups excluding carboxylic acids is 4. The number of phosphoric acid groups is 2. The van der Waals surface area contributed by atoms with E-state index in [1.165, 1.54) is 238 Å². The number of ether oxygens (including phenoxy) is 4. The fourth-order valence-electron chi connectivity index (χ4n) is 12.4. The van der Waals surface area contributed by atoms with Crippen molar-refractivity contribution in [1.29, 1.82) is 0 Å². The van der Waals surface area contributed by atoms with Crippen molar-refractivity contribution in [2.45, 2.75) is 439 Å². The third-order valence-corrected chi connectivity index (χ3v) is 20.6. The zero-order valence-electron chi connectivity index (χ0n) is 64.8. The van der Waals surface area contributed by atoms with Gasteiger partial charge < -0.3 is 33.8 Å². The molecule has 0 rings (SSSR count). The van der Waals surface area contributed by atoms with Crippen LogP contribution in [0, 0.1) is 11.8 Å². The van der Waals surface area contributed by atoms with Crippen molar-refractivity contribution in [2.75, 3.05) is 39.6 Å². The summed E-state index contributed by atoms with van der Waals surface area (Å²) in [5.41, 5.74) is 0. The fourth-order valence-corrected chi connectivity index (χ4v) is 13.9. The van der Waals surface area contributed by atoms with Gasteiger partial charge in [0, 0.05) is 25.7 Å². The average Bonchev–Trinajstić information content (AvgIpc) is 2.30. The van der Waals surface area contributed by atoms with Crippen molar-refractivity contribution in [3.05, 3.63) is 0 Å². The molecule has 0 saturated heterocycles. The van der Waals surface area contributed by atoms with Crippen LogP contribution in [0.3, 0.4) is 0 Å². The van der Waals surface area contributed by atoms with Gasteiger partial charge in [-0.2, -0.15) is 0 Å². The lowest BCUT2D eigenvalue weighted by molar-refractivity contribution is -0.161. The van der Waals surface area contributed by atoms with Gasteiger partial charge in [-0.3, -0.25) is 37.3 Å². The number of phosphoric ester groups is 2. The second-order valence-corrected chi connectivity index (χ2v) is 32.7. The first-order valence-corrected chi connectivity index (χ1v) is 44.5. The average molecular weight is 1450 g/mol. The van der Waals surface area contributed by atoms with Crippen LogP contribution in [0.5, 0.6) is 0 Å². The maximum atomic E-state index is 13.1. The Morgan fingerprint density at radius 2 is 0.465 bits per heavy atom. The van der Waals surface area contributed by atoms with Crippen LogP contribution in [0.1, 0.15) is 420 Å². The molecule has 0 saturated carbocycles. The van der Waals surface area contributed by atoms with Crippen LogP contribution in [0.25, 0.3) is 0 Å². The molecule has 588 valence electrons. The summed E-state index contributed by atoms with van der Waals surface area (Å²) >= 11 is 0. The van der Waals surface area contributed by atoms with Gasteiger partial charge in [-0.15, -0.1) is 0 Å². The van der Waals surface area contributed by atoms with Crippen LogP contribution >= 0.6 is 15.6 Å². The lowest BCUT2D eigenvalue weighted by atomic mass is 10.0. The first-order valence-electron chi connectivity index (χ1n) is 41.5. The Morgan fingerprint density at radius 1 is 0.273 bits per heavy atom. The van der Waals surface area contributed by atoms with E-state index in [1.807, 2.05) is 0 Å². The molecule has 0 fully saturated rings. The maximum absolute atomic E-state index is 13.1. The highest BCUT2D eigenvalue weighted by Gasteiger charge is 2.30. The predicted molar refractivity (Wildman–Crippen MR) is 405 cm³/mol. The molecule has 0 aromatic heterocycles. The third-order valence-electron chi connectivity index (χ3n) is 18.7. The van der Waals surface area contributed by atoms with Crippen molar-refractivity contribution < 1.29 is 80.2 Å². The van der Waals surface area contributed by atoms with Crippen LogP contribution in [-0.2, 0) is 65.4 Å². The Labute approximate surface area is 607 Å². The van der Waals surface area contributed by atoms with Crippen molar-refractivity contribution >= 4 is 39.5 Å². The number of hydrogen-bond donors (Lipinski definition) is 3. The number of unbranched alkanes of at least 4 members (excludes halogenated alkanes) is 49.